The van der Waals surface area contributed by atoms with Crippen LogP contribution < -0.4 is 9.80 Å². The second-order valence-electron chi connectivity index (χ2n) is 12.0. The predicted molar refractivity (Wildman–Crippen MR) is 140 cm³/mol. The molecule has 3 fully saturated rings. The first-order chi connectivity index (χ1) is 16.5. The fourth-order valence-corrected chi connectivity index (χ4v) is 6.00. The van der Waals surface area contributed by atoms with Crippen LogP contribution in [-0.4, -0.2) is 60.2 Å². The molecule has 0 saturated carbocycles. The number of anilines is 2. The van der Waals surface area contributed by atoms with Gasteiger partial charge in [0.05, 0.1) is 16.8 Å². The van der Waals surface area contributed by atoms with Gasteiger partial charge in [0.2, 0.25) is 5.91 Å². The van der Waals surface area contributed by atoms with Gasteiger partial charge >= 0.3 is 6.09 Å². The van der Waals surface area contributed by atoms with Gasteiger partial charge in [-0.25, -0.2) is 9.78 Å². The minimum absolute atomic E-state index is 0.197. The minimum atomic E-state index is -0.509. The summed E-state index contributed by atoms with van der Waals surface area (Å²) in [7, 11) is 0. The van der Waals surface area contributed by atoms with Crippen LogP contribution in [0.4, 0.5) is 16.3 Å². The molecule has 35 heavy (non-hydrogen) atoms. The number of aryl methyl sites for hydroxylation is 1. The molecular weight excluding hydrogens is 440 g/mol. The van der Waals surface area contributed by atoms with E-state index in [2.05, 4.69) is 30.9 Å². The van der Waals surface area contributed by atoms with Crippen LogP contribution in [0, 0.1) is 24.2 Å². The Labute approximate surface area is 211 Å². The molecule has 0 radical (unpaired) electrons. The van der Waals surface area contributed by atoms with E-state index in [1.807, 2.05) is 32.6 Å². The molecule has 1 aromatic heterocycles. The van der Waals surface area contributed by atoms with Crippen LogP contribution in [0.25, 0.3) is 0 Å². The van der Waals surface area contributed by atoms with Crippen molar-refractivity contribution >= 4 is 23.5 Å². The zero-order valence-corrected chi connectivity index (χ0v) is 22.6. The molecule has 1 aromatic rings. The Kier molecular flexibility index (Phi) is 7.35. The maximum absolute atomic E-state index is 13.8. The molecule has 4 rings (SSSR count). The van der Waals surface area contributed by atoms with Gasteiger partial charge in [-0.1, -0.05) is 20.3 Å². The van der Waals surface area contributed by atoms with Crippen molar-refractivity contribution in [3.63, 3.8) is 0 Å². The van der Waals surface area contributed by atoms with Crippen LogP contribution in [0.3, 0.4) is 0 Å². The molecule has 2 amide bonds. The summed E-state index contributed by atoms with van der Waals surface area (Å²) < 4.78 is 5.54. The van der Waals surface area contributed by atoms with Crippen molar-refractivity contribution in [2.24, 2.45) is 17.3 Å². The first kappa shape index (κ1) is 25.8. The molecule has 0 N–H and O–H groups in total. The number of ether oxygens (including phenoxy) is 1. The highest BCUT2D eigenvalue weighted by Crippen LogP contribution is 2.43. The van der Waals surface area contributed by atoms with E-state index in [1.165, 1.54) is 12.8 Å². The van der Waals surface area contributed by atoms with Gasteiger partial charge < -0.3 is 19.4 Å². The van der Waals surface area contributed by atoms with Crippen molar-refractivity contribution in [1.29, 1.82) is 0 Å². The molecule has 4 heterocycles. The third-order valence-electron chi connectivity index (χ3n) is 8.44. The summed E-state index contributed by atoms with van der Waals surface area (Å²) in [4.78, 5) is 37.4. The van der Waals surface area contributed by atoms with Gasteiger partial charge in [0.25, 0.3) is 0 Å². The Bertz CT molecular complexity index is 933. The molecule has 3 aliphatic heterocycles. The molecule has 3 saturated heterocycles. The molecule has 0 aliphatic carbocycles. The third kappa shape index (κ3) is 5.44. The number of hydrogen-bond acceptors (Lipinski definition) is 5. The van der Waals surface area contributed by atoms with E-state index in [-0.39, 0.29) is 17.4 Å². The number of amides is 2. The van der Waals surface area contributed by atoms with Crippen molar-refractivity contribution in [1.82, 2.24) is 9.88 Å². The Morgan fingerprint density at radius 1 is 1.17 bits per heavy atom. The lowest BCUT2D eigenvalue weighted by Crippen LogP contribution is -2.55. The van der Waals surface area contributed by atoms with Crippen LogP contribution in [-0.2, 0) is 9.53 Å². The highest BCUT2D eigenvalue weighted by molar-refractivity contribution is 5.99. The van der Waals surface area contributed by atoms with Crippen molar-refractivity contribution in [3.05, 3.63) is 17.8 Å². The van der Waals surface area contributed by atoms with E-state index in [9.17, 15) is 9.59 Å². The smallest absolute Gasteiger partial charge is 0.410 e. The molecule has 194 valence electrons. The van der Waals surface area contributed by atoms with Gasteiger partial charge in [0, 0.05) is 32.7 Å². The number of carbonyl (C=O) groups is 2. The van der Waals surface area contributed by atoms with Crippen molar-refractivity contribution in [3.8, 4) is 0 Å². The van der Waals surface area contributed by atoms with E-state index in [0.717, 1.165) is 61.5 Å². The average Bonchev–Trinajstić information content (AvgIpc) is 3.30. The van der Waals surface area contributed by atoms with Crippen molar-refractivity contribution in [2.45, 2.75) is 85.7 Å². The zero-order valence-electron chi connectivity index (χ0n) is 22.6. The lowest BCUT2D eigenvalue weighted by molar-refractivity contribution is -0.133. The molecule has 3 aliphatic rings. The number of rotatable bonds is 4. The largest absolute Gasteiger partial charge is 0.444 e. The molecular formula is C28H44N4O3. The monoisotopic (exact) mass is 484 g/mol. The summed E-state index contributed by atoms with van der Waals surface area (Å²) in [6, 6.07) is 4.20. The lowest BCUT2D eigenvalue weighted by atomic mass is 9.71. The quantitative estimate of drug-likeness (QED) is 0.572. The summed E-state index contributed by atoms with van der Waals surface area (Å²) in [5.74, 6) is 2.70. The van der Waals surface area contributed by atoms with E-state index in [4.69, 9.17) is 9.72 Å². The second kappa shape index (κ2) is 9.98. The molecule has 2 atom stereocenters. The first-order valence-corrected chi connectivity index (χ1v) is 13.6. The average molecular weight is 485 g/mol. The van der Waals surface area contributed by atoms with Gasteiger partial charge in [-0.2, -0.15) is 0 Å². The molecule has 7 heteroatoms. The molecule has 7 nitrogen and oxygen atoms in total. The Balaban J connectivity index is 1.43. The van der Waals surface area contributed by atoms with E-state index in [0.29, 0.717) is 25.9 Å². The number of piperidine rings is 2. The Morgan fingerprint density at radius 3 is 2.51 bits per heavy atom. The van der Waals surface area contributed by atoms with E-state index >= 15 is 0 Å². The molecule has 0 aromatic carbocycles. The lowest BCUT2D eigenvalue weighted by Gasteiger charge is -2.46. The van der Waals surface area contributed by atoms with Crippen LogP contribution in [0.15, 0.2) is 12.1 Å². The summed E-state index contributed by atoms with van der Waals surface area (Å²) in [6.45, 7) is 16.3. The number of pyridine rings is 1. The normalized spacial score (nSPS) is 23.7. The maximum Gasteiger partial charge on any atom is 0.410 e. The first-order valence-electron chi connectivity index (χ1n) is 13.6. The van der Waals surface area contributed by atoms with Crippen LogP contribution in [0.1, 0.15) is 78.8 Å². The van der Waals surface area contributed by atoms with Crippen LogP contribution in [0.2, 0.25) is 0 Å². The number of hydrogen-bond donors (Lipinski definition) is 0. The van der Waals surface area contributed by atoms with Crippen molar-refractivity contribution < 1.29 is 14.3 Å². The summed E-state index contributed by atoms with van der Waals surface area (Å²) in [5.41, 5.74) is 0.960. The second-order valence-corrected chi connectivity index (χ2v) is 12.0. The standard InChI is InChI=1S/C28H44N4O3/c1-7-20(2)22-11-16-31(19-22)24-10-9-23(21(3)29-24)32-15-8-12-28(25(32)33)13-17-30(18-14-28)26(34)35-27(4,5)6/h9-10,20,22H,7-8,11-19H2,1-6H3. The third-order valence-corrected chi connectivity index (χ3v) is 8.44. The van der Waals surface area contributed by atoms with Gasteiger partial charge in [-0.15, -0.1) is 0 Å². The number of nitrogens with zero attached hydrogens (tertiary/aromatic N) is 4. The topological polar surface area (TPSA) is 66.0 Å². The molecule has 0 bridgehead atoms. The SMILES string of the molecule is CCC(C)C1CCN(c2ccc(N3CCCC4(CCN(C(=O)OC(C)(C)C)CC4)C3=O)c(C)n2)C1. The van der Waals surface area contributed by atoms with Gasteiger partial charge in [0.15, 0.2) is 0 Å². The molecule has 1 spiro atoms. The van der Waals surface area contributed by atoms with Gasteiger partial charge in [0.1, 0.15) is 11.4 Å². The summed E-state index contributed by atoms with van der Waals surface area (Å²) in [6.07, 6.45) is 5.42. The van der Waals surface area contributed by atoms with Gasteiger partial charge in [-0.3, -0.25) is 4.79 Å². The van der Waals surface area contributed by atoms with E-state index < -0.39 is 5.60 Å². The number of aromatic nitrogens is 1. The van der Waals surface area contributed by atoms with Gasteiger partial charge in [-0.05, 0) is 83.8 Å². The van der Waals surface area contributed by atoms with E-state index in [1.54, 1.807) is 4.90 Å². The Hall–Kier alpha value is -2.31. The summed E-state index contributed by atoms with van der Waals surface area (Å²) >= 11 is 0. The fourth-order valence-electron chi connectivity index (χ4n) is 6.00. The Morgan fingerprint density at radius 2 is 1.89 bits per heavy atom. The molecule has 2 unspecified atom stereocenters. The highest BCUT2D eigenvalue weighted by atomic mass is 16.6. The summed E-state index contributed by atoms with van der Waals surface area (Å²) in [5, 5.41) is 0. The van der Waals surface area contributed by atoms with Crippen LogP contribution >= 0.6 is 0 Å². The van der Waals surface area contributed by atoms with Crippen LogP contribution in [0.5, 0.6) is 0 Å². The maximum atomic E-state index is 13.8. The van der Waals surface area contributed by atoms with Crippen molar-refractivity contribution in [2.75, 3.05) is 42.5 Å². The zero-order chi connectivity index (χ0) is 25.4. The predicted octanol–water partition coefficient (Wildman–Crippen LogP) is 5.41. The highest BCUT2D eigenvalue weighted by Gasteiger charge is 2.47. The fraction of sp³-hybridized carbons (Fsp3) is 0.750. The number of carbonyl (C=O) groups excluding carboxylic acids is 2. The minimum Gasteiger partial charge on any atom is -0.444 e. The number of likely N-dealkylation sites (tertiary alicyclic amines) is 1.